The van der Waals surface area contributed by atoms with Gasteiger partial charge in [-0.1, -0.05) is 5.16 Å². The van der Waals surface area contributed by atoms with Crippen molar-refractivity contribution in [3.8, 4) is 0 Å². The minimum atomic E-state index is -0.222. The lowest BCUT2D eigenvalue weighted by molar-refractivity contribution is 0.0537. The van der Waals surface area contributed by atoms with Crippen molar-refractivity contribution < 1.29 is 14.7 Å². The summed E-state index contributed by atoms with van der Waals surface area (Å²) in [4.78, 5) is 16.2. The maximum absolute atomic E-state index is 12.1. The molecule has 1 aromatic rings. The zero-order chi connectivity index (χ0) is 15.2. The number of carbonyl (C=O) groups is 1. The number of nitrogens with one attached hydrogen (secondary N) is 1. The molecular formula is C14H20N4O3. The third kappa shape index (κ3) is 3.91. The van der Waals surface area contributed by atoms with Crippen molar-refractivity contribution in [2.24, 2.45) is 16.8 Å². The van der Waals surface area contributed by atoms with Gasteiger partial charge in [-0.2, -0.15) is 0 Å². The number of oxime groups is 1. The molecular weight excluding hydrogens is 272 g/mol. The molecule has 1 saturated heterocycles. The number of amides is 1. The highest BCUT2D eigenvalue weighted by Gasteiger charge is 2.22. The fourth-order valence-electron chi connectivity index (χ4n) is 2.35. The average molecular weight is 292 g/mol. The van der Waals surface area contributed by atoms with E-state index in [0.29, 0.717) is 17.2 Å². The van der Waals surface area contributed by atoms with Gasteiger partial charge in [0.05, 0.1) is 0 Å². The largest absolute Gasteiger partial charge is 0.409 e. The quantitative estimate of drug-likeness (QED) is 0.328. The molecule has 0 radical (unpaired) electrons. The van der Waals surface area contributed by atoms with Crippen molar-refractivity contribution in [1.82, 2.24) is 10.3 Å². The van der Waals surface area contributed by atoms with Crippen LogP contribution < -0.4 is 11.1 Å². The topological polar surface area (TPSA) is 110 Å². The van der Waals surface area contributed by atoms with Gasteiger partial charge < -0.3 is 21.0 Å². The van der Waals surface area contributed by atoms with Crippen LogP contribution in [0, 0.1) is 5.92 Å². The van der Waals surface area contributed by atoms with Gasteiger partial charge in [0.1, 0.15) is 5.69 Å². The van der Waals surface area contributed by atoms with E-state index in [4.69, 9.17) is 15.7 Å². The van der Waals surface area contributed by atoms with Crippen LogP contribution in [-0.4, -0.2) is 41.2 Å². The number of rotatable bonds is 4. The number of carbonyl (C=O) groups excluding carboxylic acids is 1. The lowest BCUT2D eigenvalue weighted by Gasteiger charge is -2.28. The highest BCUT2D eigenvalue weighted by Crippen LogP contribution is 2.18. The van der Waals surface area contributed by atoms with E-state index in [9.17, 15) is 4.79 Å². The highest BCUT2D eigenvalue weighted by molar-refractivity contribution is 5.98. The fourth-order valence-corrected chi connectivity index (χ4v) is 2.35. The molecule has 1 fully saturated rings. The highest BCUT2D eigenvalue weighted by atomic mass is 16.5. The second kappa shape index (κ2) is 7.03. The first-order valence-electron chi connectivity index (χ1n) is 6.94. The predicted octanol–water partition coefficient (Wildman–Crippen LogP) is 0.721. The summed E-state index contributed by atoms with van der Waals surface area (Å²) in [6.45, 7) is 3.49. The minimum absolute atomic E-state index is 0.0370. The second-order valence-corrected chi connectivity index (χ2v) is 5.13. The van der Waals surface area contributed by atoms with E-state index in [0.717, 1.165) is 26.1 Å². The van der Waals surface area contributed by atoms with Crippen LogP contribution in [0.2, 0.25) is 0 Å². The summed E-state index contributed by atoms with van der Waals surface area (Å²) in [6, 6.07) is 3.22. The van der Waals surface area contributed by atoms with Crippen molar-refractivity contribution >= 4 is 11.7 Å². The molecule has 1 aliphatic rings. The van der Waals surface area contributed by atoms with Gasteiger partial charge >= 0.3 is 0 Å². The van der Waals surface area contributed by atoms with Crippen LogP contribution in [0.25, 0.3) is 0 Å². The van der Waals surface area contributed by atoms with Crippen molar-refractivity contribution in [2.45, 2.75) is 25.8 Å². The predicted molar refractivity (Wildman–Crippen MR) is 77.2 cm³/mol. The summed E-state index contributed by atoms with van der Waals surface area (Å²) in [7, 11) is 0. The molecule has 1 aromatic heterocycles. The molecule has 7 heteroatoms. The van der Waals surface area contributed by atoms with E-state index >= 15 is 0 Å². The van der Waals surface area contributed by atoms with Crippen molar-refractivity contribution in [3.63, 3.8) is 0 Å². The molecule has 4 N–H and O–H groups in total. The van der Waals surface area contributed by atoms with Crippen LogP contribution in [0.3, 0.4) is 0 Å². The van der Waals surface area contributed by atoms with E-state index in [1.807, 2.05) is 6.92 Å². The van der Waals surface area contributed by atoms with Gasteiger partial charge in [-0.15, -0.1) is 0 Å². The fraction of sp³-hybridized carbons (Fsp3) is 0.500. The Labute approximate surface area is 123 Å². The number of nitrogens with two attached hydrogens (primary N) is 1. The second-order valence-electron chi connectivity index (χ2n) is 5.13. The van der Waals surface area contributed by atoms with Crippen LogP contribution in [0.5, 0.6) is 0 Å². The van der Waals surface area contributed by atoms with E-state index in [1.165, 1.54) is 6.20 Å². The van der Waals surface area contributed by atoms with Crippen LogP contribution in [0.4, 0.5) is 0 Å². The Kier molecular flexibility index (Phi) is 5.10. The average Bonchev–Trinajstić information content (AvgIpc) is 2.55. The molecule has 2 rings (SSSR count). The van der Waals surface area contributed by atoms with Gasteiger partial charge in [0, 0.05) is 31.0 Å². The van der Waals surface area contributed by atoms with E-state index in [1.54, 1.807) is 12.1 Å². The molecule has 21 heavy (non-hydrogen) atoms. The number of hydrogen-bond acceptors (Lipinski definition) is 5. The maximum atomic E-state index is 12.1. The summed E-state index contributed by atoms with van der Waals surface area (Å²) in [6.07, 6.45) is 3.32. The number of hydrogen-bond donors (Lipinski definition) is 3. The summed E-state index contributed by atoms with van der Waals surface area (Å²) >= 11 is 0. The molecule has 0 bridgehead atoms. The lowest BCUT2D eigenvalue weighted by Crippen LogP contribution is -2.40. The molecule has 1 aliphatic heterocycles. The Hall–Kier alpha value is -2.15. The van der Waals surface area contributed by atoms with Gasteiger partial charge in [0.25, 0.3) is 5.91 Å². The molecule has 2 heterocycles. The standard InChI is InChI=1S/C14H20N4O3/c1-9(10-4-6-21-7-5-10)17-14(19)12-3-2-11(8-16-12)13(15)18-20/h2-3,8-10,20H,4-7H2,1H3,(H2,15,18)(H,17,19). The Bertz CT molecular complexity index is 509. The van der Waals surface area contributed by atoms with Crippen molar-refractivity contribution in [2.75, 3.05) is 13.2 Å². The molecule has 1 atom stereocenters. The Morgan fingerprint density at radius 2 is 2.24 bits per heavy atom. The number of ether oxygens (including phenoxy) is 1. The SMILES string of the molecule is CC(NC(=O)c1ccc(/C(N)=N/O)cn1)C1CCOCC1. The van der Waals surface area contributed by atoms with Gasteiger partial charge in [-0.25, -0.2) is 0 Å². The molecule has 1 unspecified atom stereocenters. The number of amidine groups is 1. The normalized spacial score (nSPS) is 18.2. The first kappa shape index (κ1) is 15.2. The van der Waals surface area contributed by atoms with Crippen molar-refractivity contribution in [1.29, 1.82) is 0 Å². The Morgan fingerprint density at radius 3 is 2.81 bits per heavy atom. The minimum Gasteiger partial charge on any atom is -0.409 e. The van der Waals surface area contributed by atoms with E-state index in [-0.39, 0.29) is 17.8 Å². The van der Waals surface area contributed by atoms with Gasteiger partial charge in [0.2, 0.25) is 0 Å². The lowest BCUT2D eigenvalue weighted by atomic mass is 9.93. The first-order chi connectivity index (χ1) is 10.1. The number of pyridine rings is 1. The van der Waals surface area contributed by atoms with Crippen molar-refractivity contribution in [3.05, 3.63) is 29.6 Å². The van der Waals surface area contributed by atoms with Crippen LogP contribution >= 0.6 is 0 Å². The summed E-state index contributed by atoms with van der Waals surface area (Å²) in [5, 5.41) is 14.4. The Balaban J connectivity index is 1.96. The van der Waals surface area contributed by atoms with Crippen LogP contribution in [0.15, 0.2) is 23.5 Å². The third-order valence-corrected chi connectivity index (χ3v) is 3.73. The smallest absolute Gasteiger partial charge is 0.270 e. The van der Waals surface area contributed by atoms with Gasteiger partial charge in [0.15, 0.2) is 5.84 Å². The van der Waals surface area contributed by atoms with Gasteiger partial charge in [-0.05, 0) is 37.8 Å². The summed E-state index contributed by atoms with van der Waals surface area (Å²) in [5.41, 5.74) is 6.22. The molecule has 0 spiro atoms. The van der Waals surface area contributed by atoms with Gasteiger partial charge in [-0.3, -0.25) is 9.78 Å². The molecule has 0 aromatic carbocycles. The first-order valence-corrected chi connectivity index (χ1v) is 6.94. The third-order valence-electron chi connectivity index (χ3n) is 3.73. The molecule has 7 nitrogen and oxygen atoms in total. The molecule has 0 saturated carbocycles. The number of aromatic nitrogens is 1. The van der Waals surface area contributed by atoms with E-state index in [2.05, 4.69) is 15.5 Å². The Morgan fingerprint density at radius 1 is 1.52 bits per heavy atom. The van der Waals surface area contributed by atoms with Crippen LogP contribution in [0.1, 0.15) is 35.8 Å². The monoisotopic (exact) mass is 292 g/mol. The van der Waals surface area contributed by atoms with E-state index < -0.39 is 0 Å². The zero-order valence-corrected chi connectivity index (χ0v) is 12.0. The molecule has 0 aliphatic carbocycles. The zero-order valence-electron chi connectivity index (χ0n) is 12.0. The number of nitrogens with zero attached hydrogens (tertiary/aromatic N) is 2. The summed E-state index contributed by atoms with van der Waals surface area (Å²) < 4.78 is 5.32. The summed E-state index contributed by atoms with van der Waals surface area (Å²) in [5.74, 6) is 0.171. The molecule has 114 valence electrons. The maximum Gasteiger partial charge on any atom is 0.270 e. The molecule has 1 amide bonds. The van der Waals surface area contributed by atoms with Crippen LogP contribution in [-0.2, 0) is 4.74 Å².